The monoisotopic (exact) mass is 250 g/mol. The molecule has 3 N–H and O–H groups in total. The van der Waals surface area contributed by atoms with Crippen molar-refractivity contribution in [1.82, 2.24) is 5.32 Å². The number of nitrogens with one attached hydrogen (secondary N) is 1. The van der Waals surface area contributed by atoms with E-state index in [1.54, 1.807) is 6.07 Å². The van der Waals surface area contributed by atoms with Gasteiger partial charge in [-0.2, -0.15) is 0 Å². The molecule has 3 nitrogen and oxygen atoms in total. The molecule has 4 heteroatoms. The second kappa shape index (κ2) is 5.96. The molecule has 0 saturated heterocycles. The molecular formula is C14H19FN2O. The molecule has 0 radical (unpaired) electrons. The van der Waals surface area contributed by atoms with Crippen molar-refractivity contribution in [3.8, 4) is 0 Å². The Morgan fingerprint density at radius 3 is 2.67 bits per heavy atom. The maximum absolute atomic E-state index is 13.7. The SMILES string of the molecule is NCc1ccc(C(=O)NC2CCCCC2)c(F)c1. The molecule has 0 atom stereocenters. The average molecular weight is 250 g/mol. The fourth-order valence-corrected chi connectivity index (χ4v) is 2.38. The van der Waals surface area contributed by atoms with Gasteiger partial charge in [0, 0.05) is 12.6 Å². The van der Waals surface area contributed by atoms with Crippen molar-refractivity contribution in [1.29, 1.82) is 0 Å². The largest absolute Gasteiger partial charge is 0.349 e. The highest BCUT2D eigenvalue weighted by molar-refractivity contribution is 5.94. The van der Waals surface area contributed by atoms with Crippen LogP contribution in [-0.2, 0) is 6.54 Å². The first-order valence-electron chi connectivity index (χ1n) is 6.50. The second-order valence-electron chi connectivity index (χ2n) is 4.83. The highest BCUT2D eigenvalue weighted by atomic mass is 19.1. The molecule has 1 fully saturated rings. The van der Waals surface area contributed by atoms with Crippen LogP contribution in [0.1, 0.15) is 48.0 Å². The molecule has 1 aromatic rings. The molecule has 0 bridgehead atoms. The minimum atomic E-state index is -0.494. The van der Waals surface area contributed by atoms with Gasteiger partial charge in [-0.15, -0.1) is 0 Å². The van der Waals surface area contributed by atoms with E-state index >= 15 is 0 Å². The van der Waals surface area contributed by atoms with E-state index in [0.29, 0.717) is 5.56 Å². The van der Waals surface area contributed by atoms with E-state index in [-0.39, 0.29) is 24.1 Å². The highest BCUT2D eigenvalue weighted by Gasteiger charge is 2.18. The van der Waals surface area contributed by atoms with Crippen molar-refractivity contribution in [3.63, 3.8) is 0 Å². The van der Waals surface area contributed by atoms with Crippen molar-refractivity contribution in [2.24, 2.45) is 5.73 Å². The zero-order valence-electron chi connectivity index (χ0n) is 10.4. The molecule has 0 aromatic heterocycles. The lowest BCUT2D eigenvalue weighted by Gasteiger charge is -2.22. The van der Waals surface area contributed by atoms with Gasteiger partial charge in [0.15, 0.2) is 0 Å². The summed E-state index contributed by atoms with van der Waals surface area (Å²) < 4.78 is 13.7. The third kappa shape index (κ3) is 3.07. The number of rotatable bonds is 3. The number of carbonyl (C=O) groups excluding carboxylic acids is 1. The molecule has 98 valence electrons. The highest BCUT2D eigenvalue weighted by Crippen LogP contribution is 2.18. The van der Waals surface area contributed by atoms with Crippen LogP contribution in [0.2, 0.25) is 0 Å². The van der Waals surface area contributed by atoms with Crippen molar-refractivity contribution >= 4 is 5.91 Å². The lowest BCUT2D eigenvalue weighted by Crippen LogP contribution is -2.36. The van der Waals surface area contributed by atoms with Crippen molar-refractivity contribution < 1.29 is 9.18 Å². The Labute approximate surface area is 107 Å². The summed E-state index contributed by atoms with van der Waals surface area (Å²) in [4.78, 5) is 12.0. The van der Waals surface area contributed by atoms with Crippen molar-refractivity contribution in [2.75, 3.05) is 0 Å². The topological polar surface area (TPSA) is 55.1 Å². The molecule has 1 aliphatic rings. The minimum Gasteiger partial charge on any atom is -0.349 e. The lowest BCUT2D eigenvalue weighted by atomic mass is 9.95. The zero-order chi connectivity index (χ0) is 13.0. The third-order valence-electron chi connectivity index (χ3n) is 3.45. The molecule has 0 heterocycles. The van der Waals surface area contributed by atoms with Gasteiger partial charge >= 0.3 is 0 Å². The van der Waals surface area contributed by atoms with E-state index in [0.717, 1.165) is 25.7 Å². The van der Waals surface area contributed by atoms with E-state index in [9.17, 15) is 9.18 Å². The van der Waals surface area contributed by atoms with E-state index in [1.165, 1.54) is 18.6 Å². The summed E-state index contributed by atoms with van der Waals surface area (Å²) in [7, 11) is 0. The van der Waals surface area contributed by atoms with Gasteiger partial charge in [0.05, 0.1) is 5.56 Å². The van der Waals surface area contributed by atoms with Crippen LogP contribution in [0.15, 0.2) is 18.2 Å². The van der Waals surface area contributed by atoms with Gasteiger partial charge in [-0.3, -0.25) is 4.79 Å². The van der Waals surface area contributed by atoms with Crippen molar-refractivity contribution in [2.45, 2.75) is 44.7 Å². The van der Waals surface area contributed by atoms with E-state index in [2.05, 4.69) is 5.32 Å². The van der Waals surface area contributed by atoms with E-state index in [4.69, 9.17) is 5.73 Å². The van der Waals surface area contributed by atoms with Gasteiger partial charge in [-0.1, -0.05) is 25.3 Å². The molecular weight excluding hydrogens is 231 g/mol. The summed E-state index contributed by atoms with van der Waals surface area (Å²) in [5.74, 6) is -0.811. The normalized spacial score (nSPS) is 16.6. The summed E-state index contributed by atoms with van der Waals surface area (Å²) in [5.41, 5.74) is 6.23. The van der Waals surface area contributed by atoms with Crippen molar-refractivity contribution in [3.05, 3.63) is 35.1 Å². The number of amides is 1. The van der Waals surface area contributed by atoms with E-state index in [1.807, 2.05) is 0 Å². The van der Waals surface area contributed by atoms with Crippen LogP contribution < -0.4 is 11.1 Å². The summed E-state index contributed by atoms with van der Waals surface area (Å²) >= 11 is 0. The quantitative estimate of drug-likeness (QED) is 0.865. The Bertz CT molecular complexity index is 428. The van der Waals surface area contributed by atoms with Crippen LogP contribution in [0.25, 0.3) is 0 Å². The fraction of sp³-hybridized carbons (Fsp3) is 0.500. The van der Waals surface area contributed by atoms with Crippen LogP contribution in [-0.4, -0.2) is 11.9 Å². The first-order valence-corrected chi connectivity index (χ1v) is 6.50. The average Bonchev–Trinajstić information content (AvgIpc) is 2.39. The molecule has 1 aromatic carbocycles. The summed E-state index contributed by atoms with van der Waals surface area (Å²) in [6, 6.07) is 4.73. The number of halogens is 1. The van der Waals surface area contributed by atoms with Gasteiger partial charge in [-0.05, 0) is 30.5 Å². The number of nitrogens with two attached hydrogens (primary N) is 1. The number of benzene rings is 1. The minimum absolute atomic E-state index is 0.109. The Morgan fingerprint density at radius 1 is 1.33 bits per heavy atom. The maximum Gasteiger partial charge on any atom is 0.254 e. The molecule has 1 amide bonds. The third-order valence-corrected chi connectivity index (χ3v) is 3.45. The molecule has 1 aliphatic carbocycles. The molecule has 1 saturated carbocycles. The molecule has 0 unspecified atom stereocenters. The Kier molecular flexibility index (Phi) is 4.31. The van der Waals surface area contributed by atoms with Gasteiger partial charge in [0.2, 0.25) is 0 Å². The predicted octanol–water partition coefficient (Wildman–Crippen LogP) is 2.35. The lowest BCUT2D eigenvalue weighted by molar-refractivity contribution is 0.0923. The van der Waals surface area contributed by atoms with Crippen LogP contribution in [0.5, 0.6) is 0 Å². The maximum atomic E-state index is 13.7. The van der Waals surface area contributed by atoms with Crippen LogP contribution in [0.3, 0.4) is 0 Å². The number of carbonyl (C=O) groups is 1. The standard InChI is InChI=1S/C14H19FN2O/c15-13-8-10(9-16)6-7-12(13)14(18)17-11-4-2-1-3-5-11/h6-8,11H,1-5,9,16H2,(H,17,18). The summed E-state index contributed by atoms with van der Waals surface area (Å²) in [6.45, 7) is 0.279. The predicted molar refractivity (Wildman–Crippen MR) is 68.6 cm³/mol. The first-order chi connectivity index (χ1) is 8.70. The molecule has 2 rings (SSSR count). The van der Waals surface area contributed by atoms with Crippen LogP contribution in [0.4, 0.5) is 4.39 Å². The summed E-state index contributed by atoms with van der Waals surface area (Å²) in [6.07, 6.45) is 5.49. The Hall–Kier alpha value is -1.42. The van der Waals surface area contributed by atoms with Gasteiger partial charge in [0.25, 0.3) is 5.91 Å². The Balaban J connectivity index is 2.03. The van der Waals surface area contributed by atoms with Crippen LogP contribution >= 0.6 is 0 Å². The molecule has 18 heavy (non-hydrogen) atoms. The van der Waals surface area contributed by atoms with Gasteiger partial charge < -0.3 is 11.1 Å². The van der Waals surface area contributed by atoms with Gasteiger partial charge in [0.1, 0.15) is 5.82 Å². The zero-order valence-corrected chi connectivity index (χ0v) is 10.4. The fourth-order valence-electron chi connectivity index (χ4n) is 2.38. The van der Waals surface area contributed by atoms with E-state index < -0.39 is 5.82 Å². The molecule has 0 spiro atoms. The Morgan fingerprint density at radius 2 is 2.06 bits per heavy atom. The number of hydrogen-bond acceptors (Lipinski definition) is 2. The summed E-state index contributed by atoms with van der Waals surface area (Å²) in [5, 5.41) is 2.90. The first kappa shape index (κ1) is 13.0. The number of hydrogen-bond donors (Lipinski definition) is 2. The second-order valence-corrected chi connectivity index (χ2v) is 4.83. The van der Waals surface area contributed by atoms with Crippen LogP contribution in [0, 0.1) is 5.82 Å². The smallest absolute Gasteiger partial charge is 0.254 e. The molecule has 0 aliphatic heterocycles. The van der Waals surface area contributed by atoms with Gasteiger partial charge in [-0.25, -0.2) is 4.39 Å².